The summed E-state index contributed by atoms with van der Waals surface area (Å²) in [6.45, 7) is 3.69. The number of allylic oxidation sites excluding steroid dienone is 2. The molecule has 4 aliphatic rings. The number of nitrogens with one attached hydrogen (secondary N) is 1. The summed E-state index contributed by atoms with van der Waals surface area (Å²) >= 11 is 1.33. The van der Waals surface area contributed by atoms with E-state index < -0.39 is 53.0 Å². The van der Waals surface area contributed by atoms with Crippen LogP contribution in [0, 0.1) is 24.6 Å². The molecule has 2 saturated heterocycles. The molecule has 2 fully saturated rings. The monoisotopic (exact) mass is 655 g/mol. The van der Waals surface area contributed by atoms with Crippen LogP contribution in [0.15, 0.2) is 69.7 Å². The Morgan fingerprint density at radius 2 is 2.07 bits per heavy atom. The number of alkyl halides is 1. The van der Waals surface area contributed by atoms with Crippen LogP contribution in [0.25, 0.3) is 0 Å². The van der Waals surface area contributed by atoms with Crippen LogP contribution >= 0.6 is 11.3 Å². The largest absolute Gasteiger partial charge is 0.481 e. The van der Waals surface area contributed by atoms with Gasteiger partial charge >= 0.3 is 11.9 Å². The number of carboxylic acids is 1. The van der Waals surface area contributed by atoms with E-state index in [9.17, 15) is 28.3 Å². The number of thiazole rings is 1. The number of esters is 1. The zero-order chi connectivity index (χ0) is 32.7. The number of carbonyl (C=O) groups is 3. The number of ether oxygens (including phenoxy) is 1. The highest BCUT2D eigenvalue weighted by Gasteiger charge is 2.58. The number of amides is 1. The minimum absolute atomic E-state index is 0.0106. The topological polar surface area (TPSA) is 124 Å². The van der Waals surface area contributed by atoms with Gasteiger partial charge in [0.05, 0.1) is 23.8 Å². The van der Waals surface area contributed by atoms with Crippen molar-refractivity contribution in [2.75, 3.05) is 32.8 Å². The van der Waals surface area contributed by atoms with Gasteiger partial charge in [-0.15, -0.1) is 11.3 Å². The number of aromatic nitrogens is 1. The Morgan fingerprint density at radius 3 is 2.76 bits per heavy atom. The molecule has 1 amide bonds. The van der Waals surface area contributed by atoms with E-state index in [0.717, 1.165) is 11.0 Å². The van der Waals surface area contributed by atoms with E-state index in [4.69, 9.17) is 9.73 Å². The number of carbonyl (C=O) groups excluding carboxylic acids is 2. The van der Waals surface area contributed by atoms with Crippen LogP contribution in [-0.2, 0) is 19.1 Å². The SMILES string of the molecule is CCOC(=O)C1=C(CN2CC[C@@]3(F)C(=O)N(C4=CCC(C(=O)O)C=C4F)C[C@H]3C2)NC(c2nccs2)=N[C@H]1c1cccc(F)c1C. The van der Waals surface area contributed by atoms with Gasteiger partial charge in [-0.3, -0.25) is 19.5 Å². The molecule has 0 saturated carbocycles. The molecule has 0 radical (unpaired) electrons. The molecule has 6 rings (SSSR count). The van der Waals surface area contributed by atoms with E-state index in [1.165, 1.54) is 23.5 Å². The zero-order valence-electron chi connectivity index (χ0n) is 25.1. The summed E-state index contributed by atoms with van der Waals surface area (Å²) in [6, 6.07) is 3.67. The molecule has 4 heterocycles. The highest BCUT2D eigenvalue weighted by Crippen LogP contribution is 2.44. The number of rotatable bonds is 8. The number of carboxylic acid groups (broad SMARTS) is 1. The van der Waals surface area contributed by atoms with Crippen molar-refractivity contribution >= 4 is 35.0 Å². The summed E-state index contributed by atoms with van der Waals surface area (Å²) in [5.74, 6) is -5.46. The van der Waals surface area contributed by atoms with Crippen molar-refractivity contribution in [3.05, 3.63) is 86.7 Å². The molecule has 0 spiro atoms. The zero-order valence-corrected chi connectivity index (χ0v) is 26.0. The van der Waals surface area contributed by atoms with Gasteiger partial charge in [-0.25, -0.2) is 22.9 Å². The van der Waals surface area contributed by atoms with E-state index in [-0.39, 0.29) is 56.9 Å². The Morgan fingerprint density at radius 1 is 1.26 bits per heavy atom. The number of piperidine rings is 1. The second-order valence-electron chi connectivity index (χ2n) is 11.7. The highest BCUT2D eigenvalue weighted by molar-refractivity contribution is 7.11. The van der Waals surface area contributed by atoms with Crippen LogP contribution in [0.4, 0.5) is 13.2 Å². The van der Waals surface area contributed by atoms with Gasteiger partial charge < -0.3 is 20.1 Å². The Bertz CT molecular complexity index is 1710. The number of hydrogen-bond acceptors (Lipinski definition) is 9. The molecule has 1 aliphatic carbocycles. The lowest BCUT2D eigenvalue weighted by molar-refractivity contribution is -0.140. The van der Waals surface area contributed by atoms with E-state index in [1.54, 1.807) is 37.6 Å². The van der Waals surface area contributed by atoms with Crippen LogP contribution in [0.5, 0.6) is 0 Å². The molecule has 1 unspecified atom stereocenters. The molecular weight excluding hydrogens is 623 g/mol. The lowest BCUT2D eigenvalue weighted by Gasteiger charge is -2.38. The molecule has 242 valence electrons. The molecular formula is C32H32F3N5O5S. The fourth-order valence-electron chi connectivity index (χ4n) is 6.50. The summed E-state index contributed by atoms with van der Waals surface area (Å²) in [4.78, 5) is 50.3. The molecule has 1 aromatic heterocycles. The fourth-order valence-corrected chi connectivity index (χ4v) is 7.09. The lowest BCUT2D eigenvalue weighted by Crippen LogP contribution is -2.52. The number of benzene rings is 1. The highest BCUT2D eigenvalue weighted by atomic mass is 32.1. The summed E-state index contributed by atoms with van der Waals surface area (Å²) < 4.78 is 51.4. The second kappa shape index (κ2) is 12.5. The van der Waals surface area contributed by atoms with E-state index >= 15 is 4.39 Å². The van der Waals surface area contributed by atoms with Crippen LogP contribution < -0.4 is 5.32 Å². The van der Waals surface area contributed by atoms with Crippen LogP contribution in [0.2, 0.25) is 0 Å². The standard InChI is InChI=1S/C32H32F3N5O5S/c1-3-45-30(43)25-23(37-27(28-36-10-12-46-28)38-26(25)20-5-4-6-21(33)17(20)2)16-39-11-9-32(35)19(14-39)15-40(31(32)44)24-8-7-18(29(41)42)13-22(24)34/h4-6,8,10,12-13,18-19,26H,3,7,9,11,14-16H2,1-2H3,(H,37,38)(H,41,42)/t18?,19-,26+,32+/m1/s1. The molecule has 2 N–H and O–H groups in total. The molecule has 4 atom stereocenters. The maximum Gasteiger partial charge on any atom is 0.338 e. The van der Waals surface area contributed by atoms with Crippen molar-refractivity contribution < 1.29 is 37.4 Å². The first-order chi connectivity index (χ1) is 22.0. The summed E-state index contributed by atoms with van der Waals surface area (Å²) in [5, 5.41) is 14.8. The molecule has 46 heavy (non-hydrogen) atoms. The normalized spacial score (nSPS) is 26.6. The maximum atomic E-state index is 16.3. The summed E-state index contributed by atoms with van der Waals surface area (Å²) in [6.07, 6.45) is 3.73. The third-order valence-corrected chi connectivity index (χ3v) is 9.71. The van der Waals surface area contributed by atoms with Crippen molar-refractivity contribution in [3.8, 4) is 0 Å². The van der Waals surface area contributed by atoms with Crippen LogP contribution in [-0.4, -0.2) is 82.0 Å². The molecule has 3 aliphatic heterocycles. The van der Waals surface area contributed by atoms with Crippen LogP contribution in [0.1, 0.15) is 41.9 Å². The van der Waals surface area contributed by atoms with Crippen molar-refractivity contribution in [1.82, 2.24) is 20.1 Å². The Hall–Kier alpha value is -4.30. The first-order valence-corrected chi connectivity index (χ1v) is 15.8. The first-order valence-electron chi connectivity index (χ1n) is 15.0. The Balaban J connectivity index is 1.31. The van der Waals surface area contributed by atoms with Gasteiger partial charge in [0.1, 0.15) is 17.7 Å². The quantitative estimate of drug-likeness (QED) is 0.406. The molecule has 14 heteroatoms. The molecule has 0 bridgehead atoms. The molecule has 1 aromatic carbocycles. The number of likely N-dealkylation sites (tertiary alicyclic amines) is 2. The average Bonchev–Trinajstić information content (AvgIpc) is 3.65. The van der Waals surface area contributed by atoms with E-state index in [1.807, 2.05) is 4.90 Å². The third kappa shape index (κ3) is 5.64. The van der Waals surface area contributed by atoms with Gasteiger partial charge in [-0.1, -0.05) is 18.2 Å². The number of aliphatic imine (C=N–C) groups is 1. The predicted molar refractivity (Wildman–Crippen MR) is 162 cm³/mol. The molecule has 10 nitrogen and oxygen atoms in total. The van der Waals surface area contributed by atoms with Gasteiger partial charge in [0, 0.05) is 55.8 Å². The van der Waals surface area contributed by atoms with Gasteiger partial charge in [0.2, 0.25) is 0 Å². The van der Waals surface area contributed by atoms with Crippen molar-refractivity contribution in [2.45, 2.75) is 38.4 Å². The fraction of sp³-hybridized carbons (Fsp3) is 0.406. The minimum Gasteiger partial charge on any atom is -0.481 e. The Kier molecular flexibility index (Phi) is 8.59. The van der Waals surface area contributed by atoms with Gasteiger partial charge in [-0.2, -0.15) is 0 Å². The van der Waals surface area contributed by atoms with Crippen molar-refractivity contribution in [2.24, 2.45) is 16.8 Å². The summed E-state index contributed by atoms with van der Waals surface area (Å²) in [7, 11) is 0. The number of hydrogen-bond donors (Lipinski definition) is 2. The van der Waals surface area contributed by atoms with E-state index in [2.05, 4.69) is 10.3 Å². The first kappa shape index (κ1) is 31.7. The number of nitrogens with zero attached hydrogens (tertiary/aromatic N) is 4. The smallest absolute Gasteiger partial charge is 0.338 e. The predicted octanol–water partition coefficient (Wildman–Crippen LogP) is 4.21. The number of halogens is 3. The number of fused-ring (bicyclic) bond motifs is 1. The number of amidine groups is 1. The second-order valence-corrected chi connectivity index (χ2v) is 12.5. The third-order valence-electron chi connectivity index (χ3n) is 8.93. The average molecular weight is 656 g/mol. The Labute approximate surface area is 267 Å². The minimum atomic E-state index is -2.23. The van der Waals surface area contributed by atoms with Crippen LogP contribution in [0.3, 0.4) is 0 Å². The lowest BCUT2D eigenvalue weighted by atomic mass is 9.84. The summed E-state index contributed by atoms with van der Waals surface area (Å²) in [5.41, 5.74) is -0.910. The van der Waals surface area contributed by atoms with E-state index in [0.29, 0.717) is 27.7 Å². The van der Waals surface area contributed by atoms with Gasteiger partial charge in [0.25, 0.3) is 5.91 Å². The number of aliphatic carboxylic acids is 1. The van der Waals surface area contributed by atoms with Crippen molar-refractivity contribution in [3.63, 3.8) is 0 Å². The maximum absolute atomic E-state index is 16.3. The van der Waals surface area contributed by atoms with Gasteiger partial charge in [0.15, 0.2) is 16.5 Å². The van der Waals surface area contributed by atoms with Crippen molar-refractivity contribution in [1.29, 1.82) is 0 Å². The van der Waals surface area contributed by atoms with Gasteiger partial charge in [-0.05, 0) is 43.5 Å². The molecule has 2 aromatic rings.